The second-order valence-electron chi connectivity index (χ2n) is 12.2. The van der Waals surface area contributed by atoms with Crippen molar-refractivity contribution in [3.63, 3.8) is 0 Å². The molecule has 11 heteroatoms. The maximum atomic E-state index is 15.6. The lowest BCUT2D eigenvalue weighted by atomic mass is 9.83. The van der Waals surface area contributed by atoms with E-state index in [1.165, 1.54) is 17.0 Å². The van der Waals surface area contributed by atoms with Crippen LogP contribution in [-0.2, 0) is 28.5 Å². The Hall–Kier alpha value is -3.63. The van der Waals surface area contributed by atoms with Crippen LogP contribution in [0, 0.1) is 19.7 Å². The SMILES string of the molecule is Cc1cc2c(c(-c3cc(F)c4c(c3C)CCCO4)c1[C@H](OC(C)(C)C)C(=O)O)CCN2C(=O)c1cc(Cl)cc(C(F)(F)F)c1. The number of carboxylic acids is 1. The molecule has 44 heavy (non-hydrogen) atoms. The third-order valence-electron chi connectivity index (χ3n) is 7.92. The van der Waals surface area contributed by atoms with Crippen LogP contribution >= 0.6 is 11.6 Å². The summed E-state index contributed by atoms with van der Waals surface area (Å²) < 4.78 is 67.8. The third kappa shape index (κ3) is 5.89. The first-order valence-electron chi connectivity index (χ1n) is 14.2. The van der Waals surface area contributed by atoms with Gasteiger partial charge >= 0.3 is 12.1 Å². The van der Waals surface area contributed by atoms with Crippen LogP contribution in [0.4, 0.5) is 23.2 Å². The number of alkyl halides is 3. The Labute approximate surface area is 257 Å². The van der Waals surface area contributed by atoms with Gasteiger partial charge in [0, 0.05) is 33.9 Å². The monoisotopic (exact) mass is 633 g/mol. The summed E-state index contributed by atoms with van der Waals surface area (Å²) in [5, 5.41) is 10.1. The standard InChI is InChI=1S/C33H32ClF4NO5/c1-16-11-25-22(8-9-39(25)30(40)18-12-19(33(36,37)38)14-20(34)13-18)27(26(16)29(31(41)42)44-32(3,4)5)23-15-24(35)28-21(17(23)2)7-6-10-43-28/h11-15,29H,6-10H2,1-5H3,(H,41,42)/t29-/m0/s1. The minimum atomic E-state index is -4.71. The topological polar surface area (TPSA) is 76.1 Å². The number of carbonyl (C=O) groups excluding carboxylic acids is 1. The van der Waals surface area contributed by atoms with Crippen molar-refractivity contribution in [1.29, 1.82) is 0 Å². The Morgan fingerprint density at radius 1 is 1.05 bits per heavy atom. The smallest absolute Gasteiger partial charge is 0.416 e. The first-order valence-corrected chi connectivity index (χ1v) is 14.6. The maximum absolute atomic E-state index is 15.6. The second kappa shape index (κ2) is 11.4. The minimum absolute atomic E-state index is 0.103. The average molecular weight is 634 g/mol. The largest absolute Gasteiger partial charge is 0.490 e. The molecule has 2 heterocycles. The van der Waals surface area contributed by atoms with E-state index < -0.39 is 41.1 Å². The highest BCUT2D eigenvalue weighted by molar-refractivity contribution is 6.31. The number of aliphatic carboxylic acids is 1. The lowest BCUT2D eigenvalue weighted by Gasteiger charge is -2.30. The first-order chi connectivity index (χ1) is 20.5. The van der Waals surface area contributed by atoms with Crippen LogP contribution in [0.1, 0.15) is 77.0 Å². The summed E-state index contributed by atoms with van der Waals surface area (Å²) in [4.78, 5) is 27.8. The van der Waals surface area contributed by atoms with Gasteiger partial charge in [-0.1, -0.05) is 11.6 Å². The van der Waals surface area contributed by atoms with Gasteiger partial charge in [-0.05, 0) is 112 Å². The van der Waals surface area contributed by atoms with Crippen LogP contribution in [-0.4, -0.2) is 35.7 Å². The van der Waals surface area contributed by atoms with Crippen LogP contribution in [0.3, 0.4) is 0 Å². The van der Waals surface area contributed by atoms with Gasteiger partial charge in [-0.3, -0.25) is 4.79 Å². The van der Waals surface area contributed by atoms with Crippen molar-refractivity contribution >= 4 is 29.2 Å². The molecule has 0 unspecified atom stereocenters. The number of aryl methyl sites for hydroxylation is 1. The predicted molar refractivity (Wildman–Crippen MR) is 158 cm³/mol. The van der Waals surface area contributed by atoms with E-state index in [4.69, 9.17) is 21.1 Å². The van der Waals surface area contributed by atoms with E-state index in [2.05, 4.69) is 0 Å². The van der Waals surface area contributed by atoms with Crippen molar-refractivity contribution in [2.75, 3.05) is 18.1 Å². The lowest BCUT2D eigenvalue weighted by molar-refractivity contribution is -0.160. The molecule has 0 aliphatic carbocycles. The van der Waals surface area contributed by atoms with Gasteiger partial charge < -0.3 is 19.5 Å². The van der Waals surface area contributed by atoms with Crippen LogP contribution in [0.5, 0.6) is 5.75 Å². The second-order valence-corrected chi connectivity index (χ2v) is 12.6. The molecule has 0 saturated heterocycles. The van der Waals surface area contributed by atoms with Crippen molar-refractivity contribution in [3.8, 4) is 16.9 Å². The number of fused-ring (bicyclic) bond motifs is 2. The number of carbonyl (C=O) groups is 2. The zero-order valence-electron chi connectivity index (χ0n) is 24.9. The molecule has 0 aromatic heterocycles. The highest BCUT2D eigenvalue weighted by atomic mass is 35.5. The van der Waals surface area contributed by atoms with Gasteiger partial charge in [0.05, 0.1) is 17.8 Å². The van der Waals surface area contributed by atoms with Gasteiger partial charge in [0.2, 0.25) is 0 Å². The van der Waals surface area contributed by atoms with Gasteiger partial charge in [0.25, 0.3) is 5.91 Å². The van der Waals surface area contributed by atoms with E-state index >= 15 is 4.39 Å². The average Bonchev–Trinajstić information content (AvgIpc) is 3.34. The number of hydrogen-bond donors (Lipinski definition) is 1. The number of rotatable bonds is 5. The molecule has 0 radical (unpaired) electrons. The van der Waals surface area contributed by atoms with Gasteiger partial charge in [-0.25, -0.2) is 9.18 Å². The number of amides is 1. The predicted octanol–water partition coefficient (Wildman–Crippen LogP) is 8.25. The molecule has 2 aliphatic rings. The van der Waals surface area contributed by atoms with E-state index in [0.29, 0.717) is 64.1 Å². The van der Waals surface area contributed by atoms with Crippen molar-refractivity contribution < 1.29 is 41.7 Å². The zero-order valence-corrected chi connectivity index (χ0v) is 25.7. The first kappa shape index (κ1) is 31.8. The number of benzene rings is 3. The summed E-state index contributed by atoms with van der Waals surface area (Å²) in [7, 11) is 0. The molecule has 5 rings (SSSR count). The maximum Gasteiger partial charge on any atom is 0.416 e. The fourth-order valence-electron chi connectivity index (χ4n) is 6.09. The molecule has 3 aromatic rings. The van der Waals surface area contributed by atoms with Gasteiger partial charge in [0.15, 0.2) is 17.7 Å². The quantitative estimate of drug-likeness (QED) is 0.286. The van der Waals surface area contributed by atoms with E-state index in [9.17, 15) is 27.9 Å². The number of anilines is 1. The Kier molecular flexibility index (Phi) is 8.22. The number of halogens is 5. The van der Waals surface area contributed by atoms with Crippen LogP contribution in [0.2, 0.25) is 5.02 Å². The normalized spacial score (nSPS) is 15.5. The Bertz CT molecular complexity index is 1680. The van der Waals surface area contributed by atoms with Crippen LogP contribution < -0.4 is 9.64 Å². The van der Waals surface area contributed by atoms with Gasteiger partial charge in [-0.2, -0.15) is 13.2 Å². The zero-order chi connectivity index (χ0) is 32.3. The molecule has 1 N–H and O–H groups in total. The number of nitrogens with zero attached hydrogens (tertiary/aromatic N) is 1. The molecule has 6 nitrogen and oxygen atoms in total. The van der Waals surface area contributed by atoms with E-state index in [1.807, 2.05) is 6.92 Å². The number of hydrogen-bond acceptors (Lipinski definition) is 4. The molecule has 1 amide bonds. The highest BCUT2D eigenvalue weighted by Gasteiger charge is 2.38. The summed E-state index contributed by atoms with van der Waals surface area (Å²) in [6, 6.07) is 5.66. The van der Waals surface area contributed by atoms with E-state index in [0.717, 1.165) is 12.1 Å². The van der Waals surface area contributed by atoms with Crippen molar-refractivity contribution in [3.05, 3.63) is 80.1 Å². The summed E-state index contributed by atoms with van der Waals surface area (Å²) in [6.45, 7) is 9.17. The highest BCUT2D eigenvalue weighted by Crippen LogP contribution is 2.48. The third-order valence-corrected chi connectivity index (χ3v) is 8.13. The minimum Gasteiger partial charge on any atom is -0.490 e. The molecule has 234 valence electrons. The fraction of sp³-hybridized carbons (Fsp3) is 0.394. The van der Waals surface area contributed by atoms with Crippen molar-refractivity contribution in [1.82, 2.24) is 0 Å². The van der Waals surface area contributed by atoms with E-state index in [1.54, 1.807) is 33.8 Å². The molecule has 0 bridgehead atoms. The Morgan fingerprint density at radius 3 is 2.39 bits per heavy atom. The Balaban J connectivity index is 1.76. The van der Waals surface area contributed by atoms with Gasteiger partial charge in [-0.15, -0.1) is 0 Å². The summed E-state index contributed by atoms with van der Waals surface area (Å²) in [6.07, 6.45) is -4.65. The van der Waals surface area contributed by atoms with Gasteiger partial charge in [0.1, 0.15) is 0 Å². The van der Waals surface area contributed by atoms with E-state index in [-0.39, 0.29) is 29.3 Å². The van der Waals surface area contributed by atoms with Crippen LogP contribution in [0.15, 0.2) is 30.3 Å². The van der Waals surface area contributed by atoms with Crippen molar-refractivity contribution in [2.45, 2.75) is 71.8 Å². The van der Waals surface area contributed by atoms with Crippen molar-refractivity contribution in [2.24, 2.45) is 0 Å². The molecule has 1 atom stereocenters. The molecular formula is C33H32ClF4NO5. The number of ether oxygens (including phenoxy) is 2. The summed E-state index contributed by atoms with van der Waals surface area (Å²) in [5.41, 5.74) is 1.87. The molecule has 0 saturated carbocycles. The summed E-state index contributed by atoms with van der Waals surface area (Å²) >= 11 is 5.98. The number of carboxylic acid groups (broad SMARTS) is 1. The molecule has 2 aliphatic heterocycles. The van der Waals surface area contributed by atoms with Crippen LogP contribution in [0.25, 0.3) is 11.1 Å². The lowest BCUT2D eigenvalue weighted by Crippen LogP contribution is -2.30. The molecule has 0 fully saturated rings. The molecule has 3 aromatic carbocycles. The molecule has 0 spiro atoms. The molecular weight excluding hydrogens is 602 g/mol. The Morgan fingerprint density at radius 2 is 1.75 bits per heavy atom. The fourth-order valence-corrected chi connectivity index (χ4v) is 6.32. The summed E-state index contributed by atoms with van der Waals surface area (Å²) in [5.74, 6) is -2.36.